The van der Waals surface area contributed by atoms with E-state index in [1.165, 1.54) is 16.8 Å². The maximum absolute atomic E-state index is 13.4. The summed E-state index contributed by atoms with van der Waals surface area (Å²) < 4.78 is 41.8. The first kappa shape index (κ1) is 24.6. The predicted molar refractivity (Wildman–Crippen MR) is 121 cm³/mol. The van der Waals surface area contributed by atoms with Crippen molar-refractivity contribution in [3.05, 3.63) is 46.8 Å². The largest absolute Gasteiger partial charge is 0.417 e. The van der Waals surface area contributed by atoms with Crippen LogP contribution in [0.5, 0.6) is 0 Å². The zero-order chi connectivity index (χ0) is 25.5. The van der Waals surface area contributed by atoms with E-state index in [9.17, 15) is 22.8 Å². The van der Waals surface area contributed by atoms with Crippen LogP contribution in [0.2, 0.25) is 0 Å². The highest BCUT2D eigenvalue weighted by molar-refractivity contribution is 5.94. The number of piperidine rings is 1. The Hall–Kier alpha value is -3.55. The van der Waals surface area contributed by atoms with Crippen LogP contribution in [0, 0.1) is 29.6 Å². The summed E-state index contributed by atoms with van der Waals surface area (Å²) in [5.74, 6) is -0.754. The molecule has 1 atom stereocenters. The molecule has 2 fully saturated rings. The highest BCUT2D eigenvalue weighted by Crippen LogP contribution is 2.46. The fourth-order valence-electron chi connectivity index (χ4n) is 5.41. The summed E-state index contributed by atoms with van der Waals surface area (Å²) in [5, 5.41) is 16.0. The van der Waals surface area contributed by atoms with Crippen molar-refractivity contribution < 1.29 is 22.8 Å². The molecule has 3 heterocycles. The number of nitriles is 1. The van der Waals surface area contributed by atoms with Crippen molar-refractivity contribution in [2.24, 2.45) is 18.4 Å². The summed E-state index contributed by atoms with van der Waals surface area (Å²) in [6, 6.07) is 7.06. The first-order valence-electron chi connectivity index (χ1n) is 11.4. The van der Waals surface area contributed by atoms with Crippen LogP contribution in [0.4, 0.5) is 18.9 Å². The SMILES string of the molecule is CNC(=O)C1CN(C(=O)c2cc(C)nn2C)CC12CCN(c1ccc(C#N)c(C(F)(F)F)c1)CC2. The number of carbonyl (C=O) groups excluding carboxylic acids is 2. The molecule has 2 aromatic rings. The van der Waals surface area contributed by atoms with Gasteiger partial charge in [-0.2, -0.15) is 23.5 Å². The Kier molecular flexibility index (Phi) is 6.25. The molecule has 2 saturated heterocycles. The summed E-state index contributed by atoms with van der Waals surface area (Å²) >= 11 is 0. The summed E-state index contributed by atoms with van der Waals surface area (Å²) in [5.41, 5.74) is -0.278. The summed E-state index contributed by atoms with van der Waals surface area (Å²) in [6.45, 7) is 3.34. The Morgan fingerprint density at radius 3 is 2.46 bits per heavy atom. The van der Waals surface area contributed by atoms with Crippen LogP contribution in [0.25, 0.3) is 0 Å². The minimum Gasteiger partial charge on any atom is -0.371 e. The second-order valence-corrected chi connectivity index (χ2v) is 9.34. The molecular weight excluding hydrogens is 461 g/mol. The number of hydrogen-bond acceptors (Lipinski definition) is 5. The molecule has 0 aliphatic carbocycles. The van der Waals surface area contributed by atoms with Gasteiger partial charge in [-0.1, -0.05) is 0 Å². The van der Waals surface area contributed by atoms with E-state index in [2.05, 4.69) is 10.4 Å². The number of anilines is 1. The van der Waals surface area contributed by atoms with E-state index in [4.69, 9.17) is 5.26 Å². The zero-order valence-corrected chi connectivity index (χ0v) is 19.8. The minimum absolute atomic E-state index is 0.146. The van der Waals surface area contributed by atoms with Gasteiger partial charge < -0.3 is 15.1 Å². The fourth-order valence-corrected chi connectivity index (χ4v) is 5.41. The van der Waals surface area contributed by atoms with Crippen molar-refractivity contribution in [3.63, 3.8) is 0 Å². The van der Waals surface area contributed by atoms with Gasteiger partial charge in [0.2, 0.25) is 5.91 Å². The van der Waals surface area contributed by atoms with Crippen LogP contribution in [0.3, 0.4) is 0 Å². The number of alkyl halides is 3. The number of halogens is 3. The van der Waals surface area contributed by atoms with E-state index < -0.39 is 28.6 Å². The standard InChI is InChI=1S/C24H27F3N6O2/c1-15-10-20(31(3)30-15)22(35)33-13-19(21(34)29-2)23(14-33)6-8-32(9-7-23)17-5-4-16(12-28)18(11-17)24(25,26)27/h4-5,10-11,19H,6-9,13-14H2,1-3H3,(H,29,34). The molecule has 11 heteroatoms. The highest BCUT2D eigenvalue weighted by atomic mass is 19.4. The smallest absolute Gasteiger partial charge is 0.371 e. The average Bonchev–Trinajstić information content (AvgIpc) is 3.36. The molecule has 1 aromatic carbocycles. The molecule has 2 amide bonds. The average molecular weight is 489 g/mol. The Labute approximate surface area is 201 Å². The first-order chi connectivity index (χ1) is 16.5. The lowest BCUT2D eigenvalue weighted by Gasteiger charge is -2.43. The van der Waals surface area contributed by atoms with E-state index in [1.54, 1.807) is 38.1 Å². The zero-order valence-electron chi connectivity index (χ0n) is 19.8. The van der Waals surface area contributed by atoms with Gasteiger partial charge in [0.15, 0.2) is 0 Å². The summed E-state index contributed by atoms with van der Waals surface area (Å²) in [6.07, 6.45) is -3.54. The number of carbonyl (C=O) groups is 2. The lowest BCUT2D eigenvalue weighted by atomic mass is 9.70. The Balaban J connectivity index is 1.56. The third-order valence-corrected chi connectivity index (χ3v) is 7.27. The molecule has 4 rings (SSSR count). The quantitative estimate of drug-likeness (QED) is 0.717. The van der Waals surface area contributed by atoms with Gasteiger partial charge in [-0.15, -0.1) is 0 Å². The van der Waals surface area contributed by atoms with Gasteiger partial charge in [-0.05, 0) is 44.0 Å². The Morgan fingerprint density at radius 1 is 1.23 bits per heavy atom. The van der Waals surface area contributed by atoms with E-state index in [-0.39, 0.29) is 18.4 Å². The minimum atomic E-state index is -4.63. The second-order valence-electron chi connectivity index (χ2n) is 9.34. The van der Waals surface area contributed by atoms with Crippen LogP contribution in [0.15, 0.2) is 24.3 Å². The number of aromatic nitrogens is 2. The van der Waals surface area contributed by atoms with Crippen molar-refractivity contribution in [2.75, 3.05) is 38.1 Å². The van der Waals surface area contributed by atoms with Gasteiger partial charge in [0.1, 0.15) is 5.69 Å². The molecule has 2 aliphatic rings. The van der Waals surface area contributed by atoms with Gasteiger partial charge in [-0.25, -0.2) is 0 Å². The van der Waals surface area contributed by atoms with Gasteiger partial charge >= 0.3 is 6.18 Å². The van der Waals surface area contributed by atoms with Crippen LogP contribution in [0.1, 0.15) is 40.2 Å². The number of rotatable bonds is 3. The van der Waals surface area contributed by atoms with E-state index >= 15 is 0 Å². The molecular formula is C24H27F3N6O2. The molecule has 8 nitrogen and oxygen atoms in total. The number of nitrogens with zero attached hydrogens (tertiary/aromatic N) is 5. The van der Waals surface area contributed by atoms with Gasteiger partial charge in [-0.3, -0.25) is 14.3 Å². The summed E-state index contributed by atoms with van der Waals surface area (Å²) in [4.78, 5) is 29.6. The number of amides is 2. The molecule has 186 valence electrons. The molecule has 0 radical (unpaired) electrons. The highest BCUT2D eigenvalue weighted by Gasteiger charge is 2.52. The lowest BCUT2D eigenvalue weighted by Crippen LogP contribution is -2.48. The molecule has 2 aliphatic heterocycles. The molecule has 0 saturated carbocycles. The maximum atomic E-state index is 13.4. The Morgan fingerprint density at radius 2 is 1.91 bits per heavy atom. The molecule has 1 N–H and O–H groups in total. The van der Waals surface area contributed by atoms with Crippen molar-refractivity contribution in [1.82, 2.24) is 20.0 Å². The molecule has 0 bridgehead atoms. The van der Waals surface area contributed by atoms with E-state index in [0.717, 1.165) is 11.8 Å². The number of benzene rings is 1. The van der Waals surface area contributed by atoms with Crippen molar-refractivity contribution in [1.29, 1.82) is 5.26 Å². The fraction of sp³-hybridized carbons (Fsp3) is 0.500. The lowest BCUT2D eigenvalue weighted by molar-refractivity contribution is -0.137. The maximum Gasteiger partial charge on any atom is 0.417 e. The van der Waals surface area contributed by atoms with Crippen LogP contribution in [-0.4, -0.2) is 59.7 Å². The van der Waals surface area contributed by atoms with Gasteiger partial charge in [0.25, 0.3) is 5.91 Å². The normalized spacial score (nSPS) is 19.6. The number of likely N-dealkylation sites (tertiary alicyclic amines) is 1. The van der Waals surface area contributed by atoms with Crippen LogP contribution in [-0.2, 0) is 18.0 Å². The monoisotopic (exact) mass is 488 g/mol. The predicted octanol–water partition coefficient (Wildman–Crippen LogP) is 2.72. The van der Waals surface area contributed by atoms with E-state index in [0.29, 0.717) is 43.9 Å². The van der Waals surface area contributed by atoms with Crippen molar-refractivity contribution in [3.8, 4) is 6.07 Å². The third kappa shape index (κ3) is 4.45. The number of nitrogens with one attached hydrogen (secondary N) is 1. The molecule has 1 unspecified atom stereocenters. The van der Waals surface area contributed by atoms with Crippen LogP contribution >= 0.6 is 0 Å². The molecule has 1 aromatic heterocycles. The third-order valence-electron chi connectivity index (χ3n) is 7.27. The van der Waals surface area contributed by atoms with Gasteiger partial charge in [0.05, 0.1) is 28.8 Å². The summed E-state index contributed by atoms with van der Waals surface area (Å²) in [7, 11) is 3.27. The van der Waals surface area contributed by atoms with Crippen molar-refractivity contribution >= 4 is 17.5 Å². The Bertz CT molecular complexity index is 1190. The number of aryl methyl sites for hydroxylation is 2. The van der Waals surface area contributed by atoms with Gasteiger partial charge in [0, 0.05) is 51.4 Å². The second kappa shape index (κ2) is 8.91. The molecule has 1 spiro atoms. The van der Waals surface area contributed by atoms with Crippen LogP contribution < -0.4 is 10.2 Å². The first-order valence-corrected chi connectivity index (χ1v) is 11.4. The topological polar surface area (TPSA) is 94.3 Å². The van der Waals surface area contributed by atoms with E-state index in [1.807, 2.05) is 4.90 Å². The number of hydrogen-bond donors (Lipinski definition) is 1. The van der Waals surface area contributed by atoms with Crippen molar-refractivity contribution in [2.45, 2.75) is 25.9 Å². The molecule has 35 heavy (non-hydrogen) atoms.